The monoisotopic (exact) mass is 393 g/mol. The van der Waals surface area contributed by atoms with Crippen molar-refractivity contribution in [3.8, 4) is 0 Å². The number of fused-ring (bicyclic) bond motifs is 2. The van der Waals surface area contributed by atoms with E-state index >= 15 is 0 Å². The van der Waals surface area contributed by atoms with E-state index in [0.29, 0.717) is 22.7 Å². The van der Waals surface area contributed by atoms with Gasteiger partial charge in [0.25, 0.3) is 11.8 Å². The molecule has 7 heteroatoms. The molecule has 2 aromatic carbocycles. The lowest BCUT2D eigenvalue weighted by molar-refractivity contribution is -0.116. The average molecular weight is 393 g/mol. The quantitative estimate of drug-likeness (QED) is 0.666. The Morgan fingerprint density at radius 3 is 2.46 bits per heavy atom. The molecule has 0 saturated carbocycles. The third-order valence-electron chi connectivity index (χ3n) is 4.74. The minimum Gasteiger partial charge on any atom is -0.302 e. The molecule has 4 rings (SSSR count). The lowest BCUT2D eigenvalue weighted by atomic mass is 10.1. The highest BCUT2D eigenvalue weighted by atomic mass is 32.1. The molecule has 0 spiro atoms. The van der Waals surface area contributed by atoms with Crippen LogP contribution in [0, 0.1) is 13.8 Å². The number of nitrogens with one attached hydrogen (secondary N) is 1. The number of hydrogen-bond donors (Lipinski definition) is 1. The summed E-state index contributed by atoms with van der Waals surface area (Å²) in [5.41, 5.74) is 4.00. The second kappa shape index (κ2) is 7.16. The van der Waals surface area contributed by atoms with Crippen LogP contribution < -0.4 is 5.32 Å². The van der Waals surface area contributed by atoms with Crippen LogP contribution in [0.3, 0.4) is 0 Å². The van der Waals surface area contributed by atoms with Gasteiger partial charge in [-0.2, -0.15) is 0 Å². The second-order valence-electron chi connectivity index (χ2n) is 6.91. The minimum absolute atomic E-state index is 0.176. The molecule has 0 atom stereocenters. The molecule has 0 unspecified atom stereocenters. The van der Waals surface area contributed by atoms with Crippen molar-refractivity contribution in [2.45, 2.75) is 26.7 Å². The Bertz CT molecular complexity index is 1080. The van der Waals surface area contributed by atoms with Crippen LogP contribution in [0.1, 0.15) is 44.7 Å². The number of aryl methyl sites for hydroxylation is 2. The molecule has 1 N–H and O–H groups in total. The van der Waals surface area contributed by atoms with E-state index in [-0.39, 0.29) is 30.7 Å². The van der Waals surface area contributed by atoms with Gasteiger partial charge in [-0.1, -0.05) is 29.5 Å². The van der Waals surface area contributed by atoms with Crippen LogP contribution in [-0.2, 0) is 4.79 Å². The third kappa shape index (κ3) is 3.29. The Hall–Kier alpha value is -3.06. The Kier molecular flexibility index (Phi) is 4.68. The summed E-state index contributed by atoms with van der Waals surface area (Å²) >= 11 is 1.44. The van der Waals surface area contributed by atoms with Crippen LogP contribution in [-0.4, -0.2) is 34.2 Å². The number of carbonyl (C=O) groups excluding carboxylic acids is 3. The van der Waals surface area contributed by atoms with Gasteiger partial charge < -0.3 is 5.32 Å². The van der Waals surface area contributed by atoms with Gasteiger partial charge in [-0.3, -0.25) is 19.3 Å². The minimum atomic E-state index is -0.293. The Morgan fingerprint density at radius 2 is 1.79 bits per heavy atom. The third-order valence-corrected chi connectivity index (χ3v) is 5.66. The van der Waals surface area contributed by atoms with E-state index in [9.17, 15) is 14.4 Å². The molecular weight excluding hydrogens is 374 g/mol. The summed E-state index contributed by atoms with van der Waals surface area (Å²) in [4.78, 5) is 42.6. The van der Waals surface area contributed by atoms with E-state index in [4.69, 9.17) is 0 Å². The zero-order chi connectivity index (χ0) is 19.8. The Labute approximate surface area is 166 Å². The fourth-order valence-electron chi connectivity index (χ4n) is 3.45. The topological polar surface area (TPSA) is 79.4 Å². The summed E-state index contributed by atoms with van der Waals surface area (Å²) < 4.78 is 1.04. The van der Waals surface area contributed by atoms with Gasteiger partial charge in [0, 0.05) is 13.0 Å². The van der Waals surface area contributed by atoms with Gasteiger partial charge in [-0.05, 0) is 49.6 Å². The van der Waals surface area contributed by atoms with E-state index in [2.05, 4.69) is 22.4 Å². The van der Waals surface area contributed by atoms with Crippen LogP contribution in [0.4, 0.5) is 5.13 Å². The molecule has 1 aromatic heterocycles. The fraction of sp³-hybridized carbons (Fsp3) is 0.238. The molecule has 0 fully saturated rings. The predicted molar refractivity (Wildman–Crippen MR) is 109 cm³/mol. The van der Waals surface area contributed by atoms with E-state index in [1.165, 1.54) is 16.2 Å². The molecule has 3 aromatic rings. The predicted octanol–water partition coefficient (Wildman–Crippen LogP) is 3.93. The molecule has 3 amide bonds. The lowest BCUT2D eigenvalue weighted by Gasteiger charge is -2.13. The maximum atomic E-state index is 12.3. The normalized spacial score (nSPS) is 13.3. The Morgan fingerprint density at radius 1 is 1.11 bits per heavy atom. The smallest absolute Gasteiger partial charge is 0.261 e. The van der Waals surface area contributed by atoms with Crippen LogP contribution in [0.2, 0.25) is 0 Å². The number of aromatic nitrogens is 1. The highest BCUT2D eigenvalue weighted by Crippen LogP contribution is 2.29. The van der Waals surface area contributed by atoms with Gasteiger partial charge >= 0.3 is 0 Å². The number of anilines is 1. The van der Waals surface area contributed by atoms with Gasteiger partial charge in [-0.15, -0.1) is 0 Å². The fourth-order valence-corrected chi connectivity index (χ4v) is 4.50. The maximum absolute atomic E-state index is 12.3. The van der Waals surface area contributed by atoms with Crippen LogP contribution in [0.5, 0.6) is 0 Å². The summed E-state index contributed by atoms with van der Waals surface area (Å²) in [5.74, 6) is -0.763. The van der Waals surface area contributed by atoms with Crippen LogP contribution >= 0.6 is 11.3 Å². The number of carbonyl (C=O) groups is 3. The highest BCUT2D eigenvalue weighted by molar-refractivity contribution is 7.22. The summed E-state index contributed by atoms with van der Waals surface area (Å²) in [6.45, 7) is 4.25. The number of nitrogens with zero attached hydrogens (tertiary/aromatic N) is 2. The van der Waals surface area contributed by atoms with Gasteiger partial charge in [-0.25, -0.2) is 4.98 Å². The molecule has 2 heterocycles. The van der Waals surface area contributed by atoms with Crippen LogP contribution in [0.25, 0.3) is 10.2 Å². The van der Waals surface area contributed by atoms with Crippen molar-refractivity contribution in [1.29, 1.82) is 0 Å². The number of hydrogen-bond acceptors (Lipinski definition) is 5. The molecule has 1 aliphatic rings. The average Bonchev–Trinajstić information content (AvgIpc) is 3.16. The maximum Gasteiger partial charge on any atom is 0.261 e. The molecule has 6 nitrogen and oxygen atoms in total. The number of amides is 3. The zero-order valence-corrected chi connectivity index (χ0v) is 16.4. The van der Waals surface area contributed by atoms with Gasteiger partial charge in [0.15, 0.2) is 5.13 Å². The molecule has 1 aliphatic heterocycles. The summed E-state index contributed by atoms with van der Waals surface area (Å²) in [6, 6.07) is 10.9. The Balaban J connectivity index is 1.35. The standard InChI is InChI=1S/C21H19N3O3S/c1-12-10-13(2)18-16(11-12)28-21(23-18)22-17(25)8-5-9-24-19(26)14-6-3-4-7-15(14)20(24)27/h3-4,6-7,10-11H,5,8-9H2,1-2H3,(H,22,23,25). The summed E-state index contributed by atoms with van der Waals surface area (Å²) in [6.07, 6.45) is 0.613. The summed E-state index contributed by atoms with van der Waals surface area (Å²) in [7, 11) is 0. The summed E-state index contributed by atoms with van der Waals surface area (Å²) in [5, 5.41) is 3.39. The van der Waals surface area contributed by atoms with Gasteiger partial charge in [0.05, 0.1) is 21.3 Å². The molecule has 28 heavy (non-hydrogen) atoms. The van der Waals surface area contributed by atoms with Crippen molar-refractivity contribution in [1.82, 2.24) is 9.88 Å². The SMILES string of the molecule is Cc1cc(C)c2nc(NC(=O)CCCN3C(=O)c4ccccc4C3=O)sc2c1. The first kappa shape index (κ1) is 18.3. The van der Waals surface area contributed by atoms with Crippen molar-refractivity contribution < 1.29 is 14.4 Å². The molecule has 142 valence electrons. The van der Waals surface area contributed by atoms with E-state index < -0.39 is 0 Å². The van der Waals surface area contributed by atoms with E-state index in [0.717, 1.165) is 21.3 Å². The molecule has 0 saturated heterocycles. The molecule has 0 radical (unpaired) electrons. The second-order valence-corrected chi connectivity index (χ2v) is 7.94. The van der Waals surface area contributed by atoms with E-state index in [1.807, 2.05) is 13.8 Å². The first-order valence-corrected chi connectivity index (χ1v) is 9.88. The molecule has 0 aliphatic carbocycles. The first-order valence-electron chi connectivity index (χ1n) is 9.07. The largest absolute Gasteiger partial charge is 0.302 e. The van der Waals surface area contributed by atoms with Crippen LogP contribution in [0.15, 0.2) is 36.4 Å². The highest BCUT2D eigenvalue weighted by Gasteiger charge is 2.34. The van der Waals surface area contributed by atoms with Gasteiger partial charge in [0.1, 0.15) is 0 Å². The van der Waals surface area contributed by atoms with Crippen molar-refractivity contribution in [3.63, 3.8) is 0 Å². The van der Waals surface area contributed by atoms with Gasteiger partial charge in [0.2, 0.25) is 5.91 Å². The number of thiazole rings is 1. The molecule has 0 bridgehead atoms. The van der Waals surface area contributed by atoms with Crippen molar-refractivity contribution >= 4 is 44.4 Å². The number of imide groups is 1. The lowest BCUT2D eigenvalue weighted by Crippen LogP contribution is -2.31. The van der Waals surface area contributed by atoms with E-state index in [1.54, 1.807) is 24.3 Å². The number of rotatable bonds is 5. The molecular formula is C21H19N3O3S. The van der Waals surface area contributed by atoms with Crippen molar-refractivity contribution in [2.75, 3.05) is 11.9 Å². The van der Waals surface area contributed by atoms with Crippen molar-refractivity contribution in [2.24, 2.45) is 0 Å². The number of benzene rings is 2. The zero-order valence-electron chi connectivity index (χ0n) is 15.6. The first-order chi connectivity index (χ1) is 13.4. The van der Waals surface area contributed by atoms with Crippen molar-refractivity contribution in [3.05, 3.63) is 58.7 Å².